The molecule has 1 N–H and O–H groups in total. The first kappa shape index (κ1) is 19.9. The number of fused-ring (bicyclic) bond motifs is 1. The number of halogens is 1. The number of nitrogens with zero attached hydrogens (tertiary/aromatic N) is 3. The molecular weight excluding hydrogens is 378 g/mol. The number of pyridine rings is 1. The predicted octanol–water partition coefficient (Wildman–Crippen LogP) is 2.86. The van der Waals surface area contributed by atoms with Crippen molar-refractivity contribution in [1.29, 1.82) is 0 Å². The van der Waals surface area contributed by atoms with E-state index in [0.29, 0.717) is 10.9 Å². The second-order valence-electron chi connectivity index (χ2n) is 6.87. The fourth-order valence-corrected chi connectivity index (χ4v) is 3.53. The second kappa shape index (κ2) is 8.04. The molecule has 2 aromatic carbocycles. The number of rotatable bonds is 3. The zero-order valence-electron chi connectivity index (χ0n) is 15.5. The van der Waals surface area contributed by atoms with Crippen molar-refractivity contribution in [3.63, 3.8) is 0 Å². The zero-order chi connectivity index (χ0) is 19.0. The SMILES string of the molecule is CN1CCN(c2ccc3c(=O)c(C(=O)O)cn(-c4ccccc4)c3c2)CC1.Cl. The van der Waals surface area contributed by atoms with Gasteiger partial charge in [0.15, 0.2) is 0 Å². The van der Waals surface area contributed by atoms with Gasteiger partial charge in [0.05, 0.1) is 5.52 Å². The minimum absolute atomic E-state index is 0. The van der Waals surface area contributed by atoms with E-state index in [0.717, 1.165) is 37.6 Å². The Hall–Kier alpha value is -2.83. The molecule has 3 aromatic rings. The molecule has 0 unspecified atom stereocenters. The number of benzene rings is 2. The maximum atomic E-state index is 12.7. The first-order valence-electron chi connectivity index (χ1n) is 8.96. The van der Waals surface area contributed by atoms with Crippen LogP contribution in [0.25, 0.3) is 16.6 Å². The first-order chi connectivity index (χ1) is 13.0. The molecular formula is C21H22ClN3O3. The molecule has 0 amide bonds. The average Bonchev–Trinajstić information content (AvgIpc) is 2.69. The summed E-state index contributed by atoms with van der Waals surface area (Å²) < 4.78 is 1.79. The standard InChI is InChI=1S/C21H21N3O3.ClH/c1-22-9-11-23(12-10-22)16-7-8-17-19(13-16)24(15-5-3-2-4-6-15)14-18(20(17)25)21(26)27;/h2-8,13-14H,9-12H2,1H3,(H,26,27);1H. The number of carboxylic acid groups (broad SMARTS) is 1. The highest BCUT2D eigenvalue weighted by Crippen LogP contribution is 2.24. The molecule has 0 saturated carbocycles. The Bertz CT molecular complexity index is 1060. The molecule has 28 heavy (non-hydrogen) atoms. The Labute approximate surface area is 169 Å². The van der Waals surface area contributed by atoms with E-state index in [-0.39, 0.29) is 18.0 Å². The predicted molar refractivity (Wildman–Crippen MR) is 113 cm³/mol. The quantitative estimate of drug-likeness (QED) is 0.733. The summed E-state index contributed by atoms with van der Waals surface area (Å²) in [6.07, 6.45) is 1.43. The molecule has 0 radical (unpaired) electrons. The molecule has 1 aromatic heterocycles. The van der Waals surface area contributed by atoms with Crippen LogP contribution < -0.4 is 10.3 Å². The van der Waals surface area contributed by atoms with E-state index in [4.69, 9.17) is 0 Å². The lowest BCUT2D eigenvalue weighted by Gasteiger charge is -2.34. The molecule has 1 aliphatic rings. The molecule has 4 rings (SSSR count). The maximum absolute atomic E-state index is 12.7. The highest BCUT2D eigenvalue weighted by Gasteiger charge is 2.18. The lowest BCUT2D eigenvalue weighted by molar-refractivity contribution is 0.0695. The van der Waals surface area contributed by atoms with Crippen LogP contribution in [0.4, 0.5) is 5.69 Å². The third-order valence-corrected chi connectivity index (χ3v) is 5.12. The minimum Gasteiger partial charge on any atom is -0.477 e. The third kappa shape index (κ3) is 3.61. The Morgan fingerprint density at radius 2 is 1.64 bits per heavy atom. The molecule has 146 valence electrons. The molecule has 1 fully saturated rings. The molecule has 7 heteroatoms. The van der Waals surface area contributed by atoms with Crippen LogP contribution in [0.15, 0.2) is 59.5 Å². The van der Waals surface area contributed by atoms with Crippen molar-refractivity contribution < 1.29 is 9.90 Å². The molecule has 1 aliphatic heterocycles. The minimum atomic E-state index is -1.21. The molecule has 1 saturated heterocycles. The zero-order valence-corrected chi connectivity index (χ0v) is 16.4. The maximum Gasteiger partial charge on any atom is 0.341 e. The summed E-state index contributed by atoms with van der Waals surface area (Å²) in [6, 6.07) is 15.1. The van der Waals surface area contributed by atoms with E-state index >= 15 is 0 Å². The summed E-state index contributed by atoms with van der Waals surface area (Å²) in [5, 5.41) is 9.87. The van der Waals surface area contributed by atoms with Gasteiger partial charge in [-0.05, 0) is 37.4 Å². The van der Waals surface area contributed by atoms with Crippen molar-refractivity contribution in [2.24, 2.45) is 0 Å². The van der Waals surface area contributed by atoms with Crippen LogP contribution in [0.1, 0.15) is 10.4 Å². The van der Waals surface area contributed by atoms with E-state index in [1.54, 1.807) is 10.6 Å². The molecule has 0 aliphatic carbocycles. The van der Waals surface area contributed by atoms with Gasteiger partial charge in [0.1, 0.15) is 5.56 Å². The van der Waals surface area contributed by atoms with Crippen molar-refractivity contribution in [2.75, 3.05) is 38.1 Å². The van der Waals surface area contributed by atoms with Crippen molar-refractivity contribution in [1.82, 2.24) is 9.47 Å². The monoisotopic (exact) mass is 399 g/mol. The summed E-state index contributed by atoms with van der Waals surface area (Å²) >= 11 is 0. The van der Waals surface area contributed by atoms with Crippen LogP contribution in [0.2, 0.25) is 0 Å². The second-order valence-corrected chi connectivity index (χ2v) is 6.87. The summed E-state index contributed by atoms with van der Waals surface area (Å²) in [5.74, 6) is -1.21. The van der Waals surface area contributed by atoms with E-state index < -0.39 is 11.4 Å². The first-order valence-corrected chi connectivity index (χ1v) is 8.96. The van der Waals surface area contributed by atoms with E-state index in [1.165, 1.54) is 6.20 Å². The van der Waals surface area contributed by atoms with Crippen LogP contribution >= 0.6 is 12.4 Å². The van der Waals surface area contributed by atoms with Gasteiger partial charge in [0.25, 0.3) is 0 Å². The van der Waals surface area contributed by atoms with E-state index in [1.807, 2.05) is 42.5 Å². The number of carbonyl (C=O) groups is 1. The Morgan fingerprint density at radius 1 is 0.964 bits per heavy atom. The van der Waals surface area contributed by atoms with Crippen LogP contribution in [-0.4, -0.2) is 53.8 Å². The van der Waals surface area contributed by atoms with Gasteiger partial charge in [-0.2, -0.15) is 0 Å². The van der Waals surface area contributed by atoms with Crippen LogP contribution in [0, 0.1) is 0 Å². The van der Waals surface area contributed by atoms with Gasteiger partial charge in [-0.1, -0.05) is 18.2 Å². The Kier molecular flexibility index (Phi) is 5.72. The van der Waals surface area contributed by atoms with Gasteiger partial charge in [-0.3, -0.25) is 4.79 Å². The number of anilines is 1. The van der Waals surface area contributed by atoms with Gasteiger partial charge in [-0.15, -0.1) is 12.4 Å². The van der Waals surface area contributed by atoms with Crippen LogP contribution in [0.5, 0.6) is 0 Å². The summed E-state index contributed by atoms with van der Waals surface area (Å²) in [6.45, 7) is 3.82. The molecule has 0 atom stereocenters. The number of aromatic nitrogens is 1. The highest BCUT2D eigenvalue weighted by molar-refractivity contribution is 5.94. The largest absolute Gasteiger partial charge is 0.477 e. The van der Waals surface area contributed by atoms with Crippen molar-refractivity contribution in [3.05, 3.63) is 70.5 Å². The highest BCUT2D eigenvalue weighted by atomic mass is 35.5. The number of hydrogen-bond acceptors (Lipinski definition) is 4. The summed E-state index contributed by atoms with van der Waals surface area (Å²) in [5.41, 5.74) is 1.91. The molecule has 2 heterocycles. The van der Waals surface area contributed by atoms with Gasteiger partial charge < -0.3 is 19.5 Å². The third-order valence-electron chi connectivity index (χ3n) is 5.12. The molecule has 0 bridgehead atoms. The van der Waals surface area contributed by atoms with Crippen molar-refractivity contribution in [3.8, 4) is 5.69 Å². The number of para-hydroxylation sites is 1. The Morgan fingerprint density at radius 3 is 2.29 bits per heavy atom. The van der Waals surface area contributed by atoms with Gasteiger partial charge in [0, 0.05) is 49.1 Å². The van der Waals surface area contributed by atoms with Crippen molar-refractivity contribution in [2.45, 2.75) is 0 Å². The topological polar surface area (TPSA) is 65.8 Å². The smallest absolute Gasteiger partial charge is 0.341 e. The number of hydrogen-bond donors (Lipinski definition) is 1. The van der Waals surface area contributed by atoms with E-state index in [9.17, 15) is 14.7 Å². The summed E-state index contributed by atoms with van der Waals surface area (Å²) in [7, 11) is 2.11. The fourth-order valence-electron chi connectivity index (χ4n) is 3.53. The number of likely N-dealkylation sites (N-methyl/N-ethyl adjacent to an activating group) is 1. The normalized spacial score (nSPS) is 14.7. The number of carboxylic acids is 1. The van der Waals surface area contributed by atoms with Crippen LogP contribution in [0.3, 0.4) is 0 Å². The lowest BCUT2D eigenvalue weighted by Crippen LogP contribution is -2.44. The lowest BCUT2D eigenvalue weighted by atomic mass is 10.1. The average molecular weight is 400 g/mol. The van der Waals surface area contributed by atoms with Crippen LogP contribution in [-0.2, 0) is 0 Å². The van der Waals surface area contributed by atoms with Gasteiger partial charge in [0.2, 0.25) is 5.43 Å². The Balaban J connectivity index is 0.00000225. The van der Waals surface area contributed by atoms with Crippen molar-refractivity contribution >= 4 is 35.0 Å². The van der Waals surface area contributed by atoms with Gasteiger partial charge in [-0.25, -0.2) is 4.79 Å². The molecule has 0 spiro atoms. The van der Waals surface area contributed by atoms with E-state index in [2.05, 4.69) is 16.8 Å². The summed E-state index contributed by atoms with van der Waals surface area (Å²) in [4.78, 5) is 28.8. The molecule has 6 nitrogen and oxygen atoms in total. The number of piperazine rings is 1. The van der Waals surface area contributed by atoms with Gasteiger partial charge >= 0.3 is 5.97 Å². The number of aromatic carboxylic acids is 1. The fraction of sp³-hybridized carbons (Fsp3) is 0.238.